The van der Waals surface area contributed by atoms with Gasteiger partial charge in [-0.15, -0.1) is 0 Å². The first kappa shape index (κ1) is 39.1. The number of benzene rings is 9. The fourth-order valence-electron chi connectivity index (χ4n) is 10.5. The lowest BCUT2D eigenvalue weighted by Gasteiger charge is -2.14. The van der Waals surface area contributed by atoms with E-state index >= 15 is 0 Å². The number of hydrogen-bond donors (Lipinski definition) is 0. The van der Waals surface area contributed by atoms with Gasteiger partial charge in [0, 0.05) is 54.9 Å². The molecule has 6 nitrogen and oxygen atoms in total. The Hall–Kier alpha value is -9.13. The van der Waals surface area contributed by atoms with E-state index in [-0.39, 0.29) is 5.92 Å². The van der Waals surface area contributed by atoms with Crippen molar-refractivity contribution in [1.82, 2.24) is 19.5 Å². The zero-order chi connectivity index (χ0) is 45.4. The van der Waals surface area contributed by atoms with E-state index in [1.165, 1.54) is 27.4 Å². The predicted octanol–water partition coefficient (Wildman–Crippen LogP) is 14.7. The highest BCUT2D eigenvalue weighted by Crippen LogP contribution is 2.40. The van der Waals surface area contributed by atoms with Crippen LogP contribution in [0, 0.1) is 0 Å². The van der Waals surface area contributed by atoms with Gasteiger partial charge in [-0.1, -0.05) is 164 Å². The second-order valence-corrected chi connectivity index (χ2v) is 17.8. The molecule has 0 spiro atoms. The molecule has 9 aromatic carbocycles. The van der Waals surface area contributed by atoms with Gasteiger partial charge in [0.25, 0.3) is 0 Å². The first-order chi connectivity index (χ1) is 34.2. The number of nitrogens with zero attached hydrogens (tertiary/aromatic N) is 4. The number of para-hydroxylation sites is 2. The molecule has 1 aliphatic rings. The van der Waals surface area contributed by atoms with Crippen LogP contribution in [-0.4, -0.2) is 19.5 Å². The molecule has 14 rings (SSSR count). The monoisotopic (exact) mass is 884 g/mol. The van der Waals surface area contributed by atoms with Crippen LogP contribution in [0.2, 0.25) is 0 Å². The number of fused-ring (bicyclic) bond motifs is 9. The van der Waals surface area contributed by atoms with E-state index in [0.29, 0.717) is 17.5 Å². The molecule has 1 unspecified atom stereocenters. The van der Waals surface area contributed by atoms with E-state index in [0.717, 1.165) is 94.6 Å². The number of furan rings is 2. The summed E-state index contributed by atoms with van der Waals surface area (Å²) in [4.78, 5) is 15.6. The van der Waals surface area contributed by atoms with Crippen LogP contribution in [0.4, 0.5) is 0 Å². The maximum Gasteiger partial charge on any atom is 0.164 e. The molecule has 13 aromatic rings. The molecule has 0 amide bonds. The summed E-state index contributed by atoms with van der Waals surface area (Å²) in [7, 11) is 0. The molecule has 0 radical (unpaired) electrons. The van der Waals surface area contributed by atoms with Gasteiger partial charge in [0.15, 0.2) is 11.6 Å². The Labute approximate surface area is 396 Å². The molecule has 69 heavy (non-hydrogen) atoms. The average molecular weight is 885 g/mol. The Morgan fingerprint density at radius 1 is 0.406 bits per heavy atom. The van der Waals surface area contributed by atoms with Crippen molar-refractivity contribution in [1.29, 1.82) is 0 Å². The molecule has 4 aromatic heterocycles. The van der Waals surface area contributed by atoms with Crippen LogP contribution in [0.1, 0.15) is 18.2 Å². The van der Waals surface area contributed by atoms with Gasteiger partial charge in [0.2, 0.25) is 0 Å². The van der Waals surface area contributed by atoms with Crippen LogP contribution in [0.25, 0.3) is 129 Å². The van der Waals surface area contributed by atoms with E-state index in [2.05, 4.69) is 193 Å². The quantitative estimate of drug-likeness (QED) is 0.159. The maximum atomic E-state index is 6.58. The topological polar surface area (TPSA) is 69.9 Å². The average Bonchev–Trinajstić information content (AvgIpc) is 4.10. The number of rotatable bonds is 7. The van der Waals surface area contributed by atoms with Gasteiger partial charge in [-0.25, -0.2) is 15.0 Å². The standard InChI is InChI=1S/C63H40N4O2/c1-4-14-41(15-5-1)47-21-12-24-56-59(47)49-33-30-45(38-58(49)69-56)62-64-61(42-16-6-2-7-17-42)65-63(66-62)50-22-13-25-57-60(50)52-37-44(32-35-55(52)68-57)40-28-26-39(27-29-40)43-31-34-54-51(36-43)48-20-10-11-23-53(48)67(54)46-18-8-3-9-19-46/h1-29,31-38,45H,30H2. The van der Waals surface area contributed by atoms with Crippen molar-refractivity contribution in [3.8, 4) is 61.8 Å². The van der Waals surface area contributed by atoms with E-state index in [4.69, 9.17) is 23.8 Å². The molecular weight excluding hydrogens is 845 g/mol. The first-order valence-electron chi connectivity index (χ1n) is 23.4. The van der Waals surface area contributed by atoms with Crippen molar-refractivity contribution < 1.29 is 8.83 Å². The fraction of sp³-hybridized carbons (Fsp3) is 0.0317. The molecule has 0 fully saturated rings. The van der Waals surface area contributed by atoms with Crippen molar-refractivity contribution in [3.63, 3.8) is 0 Å². The van der Waals surface area contributed by atoms with Gasteiger partial charge in [0.05, 0.1) is 11.0 Å². The van der Waals surface area contributed by atoms with Crippen LogP contribution in [0.5, 0.6) is 0 Å². The zero-order valence-electron chi connectivity index (χ0n) is 37.3. The number of aromatic nitrogens is 4. The van der Waals surface area contributed by atoms with Crippen molar-refractivity contribution in [2.75, 3.05) is 0 Å². The van der Waals surface area contributed by atoms with Crippen LogP contribution in [0.15, 0.2) is 221 Å². The van der Waals surface area contributed by atoms with Gasteiger partial charge in [0.1, 0.15) is 28.0 Å². The summed E-state index contributed by atoms with van der Waals surface area (Å²) >= 11 is 0. The molecule has 1 atom stereocenters. The minimum atomic E-state index is -0.131. The molecular formula is C63H40N4O2. The van der Waals surface area contributed by atoms with Crippen LogP contribution in [0.3, 0.4) is 0 Å². The molecule has 0 N–H and O–H groups in total. The third kappa shape index (κ3) is 6.52. The highest BCUT2D eigenvalue weighted by Gasteiger charge is 2.23. The maximum absolute atomic E-state index is 6.58. The highest BCUT2D eigenvalue weighted by molar-refractivity contribution is 6.13. The largest absolute Gasteiger partial charge is 0.456 e. The lowest BCUT2D eigenvalue weighted by molar-refractivity contribution is 0.568. The van der Waals surface area contributed by atoms with Crippen molar-refractivity contribution >= 4 is 66.9 Å². The lowest BCUT2D eigenvalue weighted by Crippen LogP contribution is -2.26. The molecule has 0 bridgehead atoms. The highest BCUT2D eigenvalue weighted by atomic mass is 16.3. The van der Waals surface area contributed by atoms with Crippen LogP contribution >= 0.6 is 0 Å². The van der Waals surface area contributed by atoms with Crippen molar-refractivity contribution in [2.24, 2.45) is 0 Å². The van der Waals surface area contributed by atoms with Crippen LogP contribution < -0.4 is 10.6 Å². The Balaban J connectivity index is 0.848. The van der Waals surface area contributed by atoms with E-state index in [1.807, 2.05) is 36.4 Å². The van der Waals surface area contributed by atoms with Gasteiger partial charge < -0.3 is 13.4 Å². The summed E-state index contributed by atoms with van der Waals surface area (Å²) in [6, 6.07) is 74.5. The third-order valence-corrected chi connectivity index (χ3v) is 13.8. The van der Waals surface area contributed by atoms with Crippen molar-refractivity contribution in [2.45, 2.75) is 12.3 Å². The minimum absolute atomic E-state index is 0.131. The van der Waals surface area contributed by atoms with E-state index < -0.39 is 0 Å². The SMILES string of the molecule is C1=c2oc3cccc(-c4ccccc4)c3c2=CCC1c1nc(-c2ccccc2)nc(-c2cccc3oc4ccc(-c5ccc(-c6ccc7c(c6)c6ccccc6n7-c6ccccc6)cc5)cc4c23)n1. The molecule has 0 saturated heterocycles. The molecule has 1 aliphatic carbocycles. The summed E-state index contributed by atoms with van der Waals surface area (Å²) in [5.41, 5.74) is 15.5. The summed E-state index contributed by atoms with van der Waals surface area (Å²) in [5, 5.41) is 6.69. The van der Waals surface area contributed by atoms with Crippen molar-refractivity contribution in [3.05, 3.63) is 229 Å². The van der Waals surface area contributed by atoms with Gasteiger partial charge in [-0.2, -0.15) is 0 Å². The molecule has 0 aliphatic heterocycles. The van der Waals surface area contributed by atoms with E-state index in [1.54, 1.807) is 0 Å². The van der Waals surface area contributed by atoms with E-state index in [9.17, 15) is 0 Å². The normalized spacial score (nSPS) is 13.5. The third-order valence-electron chi connectivity index (χ3n) is 13.8. The summed E-state index contributed by atoms with van der Waals surface area (Å²) < 4.78 is 15.5. The molecule has 0 saturated carbocycles. The minimum Gasteiger partial charge on any atom is -0.456 e. The summed E-state index contributed by atoms with van der Waals surface area (Å²) in [5.74, 6) is 1.78. The second kappa shape index (κ2) is 15.8. The Morgan fingerprint density at radius 2 is 1.01 bits per heavy atom. The molecule has 6 heteroatoms. The molecule has 324 valence electrons. The first-order valence-corrected chi connectivity index (χ1v) is 23.4. The second-order valence-electron chi connectivity index (χ2n) is 17.8. The van der Waals surface area contributed by atoms with Gasteiger partial charge in [-0.3, -0.25) is 0 Å². The lowest BCUT2D eigenvalue weighted by atomic mass is 9.95. The number of hydrogen-bond acceptors (Lipinski definition) is 5. The predicted molar refractivity (Wildman–Crippen MR) is 280 cm³/mol. The van der Waals surface area contributed by atoms with Gasteiger partial charge in [-0.05, 0) is 100 Å². The van der Waals surface area contributed by atoms with Gasteiger partial charge >= 0.3 is 0 Å². The zero-order valence-corrected chi connectivity index (χ0v) is 37.3. The Kier molecular flexibility index (Phi) is 8.92. The molecule has 4 heterocycles. The Bertz CT molecular complexity index is 4270. The Morgan fingerprint density at radius 3 is 1.78 bits per heavy atom. The smallest absolute Gasteiger partial charge is 0.164 e. The summed E-state index contributed by atoms with van der Waals surface area (Å²) in [6.45, 7) is 0. The fourth-order valence-corrected chi connectivity index (χ4v) is 10.5. The van der Waals surface area contributed by atoms with Crippen LogP contribution in [-0.2, 0) is 0 Å². The summed E-state index contributed by atoms with van der Waals surface area (Å²) in [6.07, 6.45) is 5.19.